The molecule has 5 heteroatoms. The fourth-order valence-corrected chi connectivity index (χ4v) is 2.86. The van der Waals surface area contributed by atoms with Crippen LogP contribution in [-0.4, -0.2) is 18.4 Å². The second-order valence-electron chi connectivity index (χ2n) is 6.19. The number of nitrogens with zero attached hydrogens (tertiary/aromatic N) is 1. The molecule has 124 valence electrons. The van der Waals surface area contributed by atoms with Crippen molar-refractivity contribution in [3.8, 4) is 0 Å². The number of amides is 2. The topological polar surface area (TPSA) is 49.4 Å². The summed E-state index contributed by atoms with van der Waals surface area (Å²) in [7, 11) is 0. The van der Waals surface area contributed by atoms with Crippen LogP contribution < -0.4 is 10.2 Å². The van der Waals surface area contributed by atoms with Gasteiger partial charge in [-0.3, -0.25) is 9.59 Å². The third-order valence-electron chi connectivity index (χ3n) is 4.29. The van der Waals surface area contributed by atoms with Crippen LogP contribution in [0.4, 0.5) is 15.8 Å². The van der Waals surface area contributed by atoms with Crippen molar-refractivity contribution >= 4 is 23.2 Å². The van der Waals surface area contributed by atoms with Gasteiger partial charge < -0.3 is 10.2 Å². The molecule has 2 aromatic carbocycles. The van der Waals surface area contributed by atoms with Gasteiger partial charge in [0, 0.05) is 24.3 Å². The highest BCUT2D eigenvalue weighted by Crippen LogP contribution is 2.27. The number of halogens is 1. The first-order valence-electron chi connectivity index (χ1n) is 7.88. The van der Waals surface area contributed by atoms with Crippen LogP contribution in [0, 0.1) is 25.6 Å². The van der Waals surface area contributed by atoms with E-state index in [1.165, 1.54) is 17.0 Å². The molecule has 1 atom stereocenters. The Bertz CT molecular complexity index is 786. The summed E-state index contributed by atoms with van der Waals surface area (Å²) in [6.07, 6.45) is 0.161. The van der Waals surface area contributed by atoms with E-state index in [4.69, 9.17) is 0 Å². The summed E-state index contributed by atoms with van der Waals surface area (Å²) >= 11 is 0. The van der Waals surface area contributed by atoms with Crippen molar-refractivity contribution in [2.75, 3.05) is 16.8 Å². The molecule has 24 heavy (non-hydrogen) atoms. The number of benzene rings is 2. The van der Waals surface area contributed by atoms with E-state index in [9.17, 15) is 14.0 Å². The lowest BCUT2D eigenvalue weighted by Gasteiger charge is -2.17. The molecule has 1 aliphatic rings. The molecule has 0 bridgehead atoms. The molecule has 1 fully saturated rings. The molecule has 0 unspecified atom stereocenters. The summed E-state index contributed by atoms with van der Waals surface area (Å²) in [4.78, 5) is 26.2. The minimum Gasteiger partial charge on any atom is -0.326 e. The maximum atomic E-state index is 13.0. The first kappa shape index (κ1) is 16.2. The van der Waals surface area contributed by atoms with Crippen molar-refractivity contribution in [2.45, 2.75) is 20.3 Å². The van der Waals surface area contributed by atoms with Gasteiger partial charge in [0.15, 0.2) is 0 Å². The van der Waals surface area contributed by atoms with Crippen LogP contribution in [0.3, 0.4) is 0 Å². The highest BCUT2D eigenvalue weighted by molar-refractivity contribution is 6.03. The zero-order chi connectivity index (χ0) is 17.3. The van der Waals surface area contributed by atoms with Gasteiger partial charge >= 0.3 is 0 Å². The van der Waals surface area contributed by atoms with Gasteiger partial charge in [-0.2, -0.15) is 0 Å². The number of hydrogen-bond donors (Lipinski definition) is 1. The number of carbonyl (C=O) groups excluding carboxylic acids is 2. The van der Waals surface area contributed by atoms with Gasteiger partial charge in [-0.15, -0.1) is 0 Å². The van der Waals surface area contributed by atoms with Crippen LogP contribution in [0.1, 0.15) is 17.5 Å². The Morgan fingerprint density at radius 2 is 1.88 bits per heavy atom. The average Bonchev–Trinajstić information content (AvgIpc) is 2.94. The molecule has 3 rings (SSSR count). The van der Waals surface area contributed by atoms with Crippen molar-refractivity contribution in [1.29, 1.82) is 0 Å². The molecule has 1 heterocycles. The molecular weight excluding hydrogens is 307 g/mol. The molecule has 0 radical (unpaired) electrons. The van der Waals surface area contributed by atoms with E-state index in [1.54, 1.807) is 12.1 Å². The van der Waals surface area contributed by atoms with Gasteiger partial charge in [0.2, 0.25) is 11.8 Å². The van der Waals surface area contributed by atoms with Gasteiger partial charge in [-0.25, -0.2) is 4.39 Å². The van der Waals surface area contributed by atoms with E-state index in [-0.39, 0.29) is 24.1 Å². The first-order valence-corrected chi connectivity index (χ1v) is 7.88. The van der Waals surface area contributed by atoms with E-state index in [0.29, 0.717) is 12.2 Å². The molecule has 2 aromatic rings. The summed E-state index contributed by atoms with van der Waals surface area (Å²) in [5.41, 5.74) is 3.43. The monoisotopic (exact) mass is 326 g/mol. The number of rotatable bonds is 3. The highest BCUT2D eigenvalue weighted by Gasteiger charge is 2.35. The molecule has 0 saturated carbocycles. The third-order valence-corrected chi connectivity index (χ3v) is 4.29. The summed E-state index contributed by atoms with van der Waals surface area (Å²) in [5, 5.41) is 2.92. The number of carbonyl (C=O) groups is 2. The van der Waals surface area contributed by atoms with Crippen molar-refractivity contribution in [1.82, 2.24) is 0 Å². The average molecular weight is 326 g/mol. The van der Waals surface area contributed by atoms with E-state index in [0.717, 1.165) is 16.8 Å². The largest absolute Gasteiger partial charge is 0.326 e. The Morgan fingerprint density at radius 3 is 2.58 bits per heavy atom. The lowest BCUT2D eigenvalue weighted by Crippen LogP contribution is -2.28. The molecule has 0 aliphatic carbocycles. The van der Waals surface area contributed by atoms with Crippen LogP contribution in [0.15, 0.2) is 42.5 Å². The molecule has 0 spiro atoms. The fourth-order valence-electron chi connectivity index (χ4n) is 2.86. The summed E-state index contributed by atoms with van der Waals surface area (Å²) < 4.78 is 13.0. The summed E-state index contributed by atoms with van der Waals surface area (Å²) in [6.45, 7) is 4.20. The van der Waals surface area contributed by atoms with E-state index in [1.807, 2.05) is 32.0 Å². The van der Waals surface area contributed by atoms with Gasteiger partial charge in [0.05, 0.1) is 5.92 Å². The summed E-state index contributed by atoms with van der Waals surface area (Å²) in [5.74, 6) is -1.05. The van der Waals surface area contributed by atoms with Gasteiger partial charge in [0.1, 0.15) is 5.82 Å². The van der Waals surface area contributed by atoms with Crippen LogP contribution in [0.5, 0.6) is 0 Å². The molecule has 1 saturated heterocycles. The zero-order valence-corrected chi connectivity index (χ0v) is 13.7. The van der Waals surface area contributed by atoms with E-state index < -0.39 is 5.92 Å². The lowest BCUT2D eigenvalue weighted by atomic mass is 10.1. The normalized spacial score (nSPS) is 17.2. The minimum absolute atomic E-state index is 0.122. The quantitative estimate of drug-likeness (QED) is 0.939. The molecule has 1 aliphatic heterocycles. The molecular formula is C19H19FN2O2. The van der Waals surface area contributed by atoms with Gasteiger partial charge in [-0.05, 0) is 55.3 Å². The first-order chi connectivity index (χ1) is 11.4. The maximum absolute atomic E-state index is 13.0. The van der Waals surface area contributed by atoms with Crippen molar-refractivity contribution in [3.05, 3.63) is 59.4 Å². The van der Waals surface area contributed by atoms with E-state index in [2.05, 4.69) is 5.32 Å². The standard InChI is InChI=1S/C19H19FN2O2/c1-12-3-4-13(2)17(9-12)21-19(24)14-10-18(23)22(11-14)16-7-5-15(20)6-8-16/h3-9,14H,10-11H2,1-2H3,(H,21,24)/t14-/m1/s1. The van der Waals surface area contributed by atoms with Crippen LogP contribution in [0.2, 0.25) is 0 Å². The van der Waals surface area contributed by atoms with Crippen molar-refractivity contribution in [2.24, 2.45) is 5.92 Å². The van der Waals surface area contributed by atoms with Crippen LogP contribution >= 0.6 is 0 Å². The number of anilines is 2. The molecule has 2 amide bonds. The number of aryl methyl sites for hydroxylation is 2. The SMILES string of the molecule is Cc1ccc(C)c(NC(=O)[C@@H]2CC(=O)N(c3ccc(F)cc3)C2)c1. The second-order valence-corrected chi connectivity index (χ2v) is 6.19. The minimum atomic E-state index is -0.414. The Kier molecular flexibility index (Phi) is 4.34. The lowest BCUT2D eigenvalue weighted by molar-refractivity contribution is -0.122. The second kappa shape index (κ2) is 6.43. The molecule has 1 N–H and O–H groups in total. The van der Waals surface area contributed by atoms with Crippen molar-refractivity contribution in [3.63, 3.8) is 0 Å². The Morgan fingerprint density at radius 1 is 1.17 bits per heavy atom. The smallest absolute Gasteiger partial charge is 0.229 e. The predicted molar refractivity (Wildman–Crippen MR) is 91.4 cm³/mol. The molecule has 4 nitrogen and oxygen atoms in total. The Labute approximate surface area is 140 Å². The maximum Gasteiger partial charge on any atom is 0.229 e. The Hall–Kier alpha value is -2.69. The number of nitrogens with one attached hydrogen (secondary N) is 1. The van der Waals surface area contributed by atoms with Crippen molar-refractivity contribution < 1.29 is 14.0 Å². The summed E-state index contributed by atoms with van der Waals surface area (Å²) in [6, 6.07) is 11.6. The van der Waals surface area contributed by atoms with E-state index >= 15 is 0 Å². The number of hydrogen-bond acceptors (Lipinski definition) is 2. The Balaban J connectivity index is 1.72. The predicted octanol–water partition coefficient (Wildman–Crippen LogP) is 3.43. The zero-order valence-electron chi connectivity index (χ0n) is 13.7. The van der Waals surface area contributed by atoms with Crippen LogP contribution in [-0.2, 0) is 9.59 Å². The van der Waals surface area contributed by atoms with Crippen LogP contribution in [0.25, 0.3) is 0 Å². The fraction of sp³-hybridized carbons (Fsp3) is 0.263. The third kappa shape index (κ3) is 3.30. The van der Waals surface area contributed by atoms with Gasteiger partial charge in [0.25, 0.3) is 0 Å². The van der Waals surface area contributed by atoms with Gasteiger partial charge in [-0.1, -0.05) is 12.1 Å². The molecule has 0 aromatic heterocycles. The highest BCUT2D eigenvalue weighted by atomic mass is 19.1.